The van der Waals surface area contributed by atoms with Crippen LogP contribution in [0.3, 0.4) is 0 Å². The Bertz CT molecular complexity index is 1170. The van der Waals surface area contributed by atoms with Crippen LogP contribution < -0.4 is 5.32 Å². The number of amides is 1. The Balaban J connectivity index is 1.62. The van der Waals surface area contributed by atoms with E-state index >= 15 is 0 Å². The highest BCUT2D eigenvalue weighted by Gasteiger charge is 2.21. The second-order valence-corrected chi connectivity index (χ2v) is 8.14. The number of hydrogen-bond acceptors (Lipinski definition) is 7. The minimum Gasteiger partial charge on any atom is -0.467 e. The fraction of sp³-hybridized carbons (Fsp3) is 0.190. The molecule has 3 aromatic heterocycles. The van der Waals surface area contributed by atoms with Gasteiger partial charge in [0.25, 0.3) is 5.91 Å². The van der Waals surface area contributed by atoms with E-state index < -0.39 is 0 Å². The van der Waals surface area contributed by atoms with Crippen LogP contribution in [0, 0.1) is 13.8 Å². The van der Waals surface area contributed by atoms with Crippen LogP contribution in [0.4, 0.5) is 0 Å². The van der Waals surface area contributed by atoms with Crippen molar-refractivity contribution in [1.82, 2.24) is 30.3 Å². The maximum Gasteiger partial charge on any atom is 0.274 e. The number of aromatic nitrogens is 5. The van der Waals surface area contributed by atoms with Crippen molar-refractivity contribution in [3.63, 3.8) is 0 Å². The van der Waals surface area contributed by atoms with Gasteiger partial charge in [0, 0.05) is 22.2 Å². The molecule has 0 saturated heterocycles. The van der Waals surface area contributed by atoms with Gasteiger partial charge in [-0.2, -0.15) is 0 Å². The Kier molecular flexibility index (Phi) is 6.34. The standard InChI is InChI=1S/C21H19ClN6O2S/c1-13-10-14(2)25-21(24-13)31-12-18-19(20(29)23-11-17-4-3-9-30-17)26-27-28(18)16-7-5-15(22)6-8-16/h3-10H,11-12H2,1-2H3,(H,23,29). The number of rotatable bonds is 7. The van der Waals surface area contributed by atoms with Gasteiger partial charge in [-0.1, -0.05) is 28.6 Å². The van der Waals surface area contributed by atoms with E-state index in [0.717, 1.165) is 17.1 Å². The zero-order valence-corrected chi connectivity index (χ0v) is 18.4. The summed E-state index contributed by atoms with van der Waals surface area (Å²) in [5.41, 5.74) is 3.39. The molecule has 158 valence electrons. The van der Waals surface area contributed by atoms with Gasteiger partial charge in [0.1, 0.15) is 5.76 Å². The van der Waals surface area contributed by atoms with Gasteiger partial charge in [-0.25, -0.2) is 14.6 Å². The van der Waals surface area contributed by atoms with Gasteiger partial charge < -0.3 is 9.73 Å². The highest BCUT2D eigenvalue weighted by atomic mass is 35.5. The van der Waals surface area contributed by atoms with Crippen LogP contribution in [0.15, 0.2) is 58.3 Å². The van der Waals surface area contributed by atoms with Crippen LogP contribution in [0.1, 0.15) is 33.3 Å². The zero-order valence-electron chi connectivity index (χ0n) is 16.9. The van der Waals surface area contributed by atoms with Crippen LogP contribution in [-0.4, -0.2) is 30.9 Å². The van der Waals surface area contributed by atoms with Crippen molar-refractivity contribution in [3.8, 4) is 5.69 Å². The maximum absolute atomic E-state index is 12.8. The normalized spacial score (nSPS) is 10.9. The largest absolute Gasteiger partial charge is 0.467 e. The fourth-order valence-electron chi connectivity index (χ4n) is 2.95. The van der Waals surface area contributed by atoms with Crippen LogP contribution in [0.5, 0.6) is 0 Å². The third kappa shape index (κ3) is 5.12. The van der Waals surface area contributed by atoms with Crippen LogP contribution in [-0.2, 0) is 12.3 Å². The van der Waals surface area contributed by atoms with Crippen molar-refractivity contribution in [1.29, 1.82) is 0 Å². The molecule has 10 heteroatoms. The molecule has 3 heterocycles. The monoisotopic (exact) mass is 454 g/mol. The molecule has 0 saturated carbocycles. The summed E-state index contributed by atoms with van der Waals surface area (Å²) in [7, 11) is 0. The molecule has 0 bridgehead atoms. The Morgan fingerprint density at radius 2 is 1.90 bits per heavy atom. The molecule has 0 spiro atoms. The first kappa shape index (κ1) is 21.1. The minimum atomic E-state index is -0.339. The summed E-state index contributed by atoms with van der Waals surface area (Å²) in [6, 6.07) is 12.6. The summed E-state index contributed by atoms with van der Waals surface area (Å²) in [6.45, 7) is 4.10. The van der Waals surface area contributed by atoms with Gasteiger partial charge >= 0.3 is 0 Å². The molecule has 4 rings (SSSR count). The molecule has 4 aromatic rings. The van der Waals surface area contributed by atoms with Crippen molar-refractivity contribution in [2.24, 2.45) is 0 Å². The van der Waals surface area contributed by atoms with Gasteiger partial charge in [-0.3, -0.25) is 4.79 Å². The van der Waals surface area contributed by atoms with Crippen molar-refractivity contribution in [2.45, 2.75) is 31.3 Å². The van der Waals surface area contributed by atoms with E-state index in [-0.39, 0.29) is 18.1 Å². The number of thioether (sulfide) groups is 1. The van der Waals surface area contributed by atoms with Crippen LogP contribution in [0.2, 0.25) is 5.02 Å². The summed E-state index contributed by atoms with van der Waals surface area (Å²) < 4.78 is 6.91. The first-order chi connectivity index (χ1) is 15.0. The Morgan fingerprint density at radius 3 is 2.58 bits per heavy atom. The summed E-state index contributed by atoms with van der Waals surface area (Å²) in [5.74, 6) is 0.716. The van der Waals surface area contributed by atoms with E-state index in [4.69, 9.17) is 16.0 Å². The lowest BCUT2D eigenvalue weighted by atomic mass is 10.2. The van der Waals surface area contributed by atoms with Crippen LogP contribution in [0.25, 0.3) is 5.69 Å². The molecule has 0 atom stereocenters. The van der Waals surface area contributed by atoms with E-state index in [2.05, 4.69) is 25.6 Å². The number of benzene rings is 1. The summed E-state index contributed by atoms with van der Waals surface area (Å²) >= 11 is 7.43. The third-order valence-electron chi connectivity index (χ3n) is 4.35. The van der Waals surface area contributed by atoms with E-state index in [1.807, 2.05) is 32.0 Å². The quantitative estimate of drug-likeness (QED) is 0.331. The van der Waals surface area contributed by atoms with Crippen LogP contribution >= 0.6 is 23.4 Å². The van der Waals surface area contributed by atoms with Gasteiger partial charge in [-0.15, -0.1) is 5.10 Å². The number of furan rings is 1. The molecule has 0 fully saturated rings. The van der Waals surface area contributed by atoms with Crippen molar-refractivity contribution >= 4 is 29.3 Å². The highest BCUT2D eigenvalue weighted by molar-refractivity contribution is 7.98. The molecule has 0 radical (unpaired) electrons. The SMILES string of the molecule is Cc1cc(C)nc(SCc2c(C(=O)NCc3ccco3)nnn2-c2ccc(Cl)cc2)n1. The minimum absolute atomic E-state index is 0.235. The van der Waals surface area contributed by atoms with E-state index in [1.54, 1.807) is 35.2 Å². The first-order valence-electron chi connectivity index (χ1n) is 9.46. The highest BCUT2D eigenvalue weighted by Crippen LogP contribution is 2.24. The average molecular weight is 455 g/mol. The number of carbonyl (C=O) groups is 1. The predicted octanol–water partition coefficient (Wildman–Crippen LogP) is 4.14. The lowest BCUT2D eigenvalue weighted by molar-refractivity contribution is 0.0942. The molecule has 8 nitrogen and oxygen atoms in total. The zero-order chi connectivity index (χ0) is 21.8. The first-order valence-corrected chi connectivity index (χ1v) is 10.8. The van der Waals surface area contributed by atoms with E-state index in [9.17, 15) is 4.79 Å². The van der Waals surface area contributed by atoms with Gasteiger partial charge in [0.15, 0.2) is 10.9 Å². The Labute approximate surface area is 188 Å². The molecule has 1 amide bonds. The molecular formula is C21H19ClN6O2S. The Hall–Kier alpha value is -3.17. The smallest absolute Gasteiger partial charge is 0.274 e. The molecule has 31 heavy (non-hydrogen) atoms. The van der Waals surface area contributed by atoms with E-state index in [0.29, 0.717) is 27.4 Å². The molecular weight excluding hydrogens is 436 g/mol. The third-order valence-corrected chi connectivity index (χ3v) is 5.46. The summed E-state index contributed by atoms with van der Waals surface area (Å²) in [4.78, 5) is 21.8. The second kappa shape index (κ2) is 9.32. The number of nitrogens with zero attached hydrogens (tertiary/aromatic N) is 5. The number of aryl methyl sites for hydroxylation is 2. The molecule has 0 aliphatic carbocycles. The number of nitrogens with one attached hydrogen (secondary N) is 1. The Morgan fingerprint density at radius 1 is 1.16 bits per heavy atom. The summed E-state index contributed by atoms with van der Waals surface area (Å²) in [5, 5.41) is 12.4. The fourth-order valence-corrected chi connectivity index (χ4v) is 4.02. The van der Waals surface area contributed by atoms with Gasteiger partial charge in [0.05, 0.1) is 24.2 Å². The lowest BCUT2D eigenvalue weighted by Crippen LogP contribution is -2.24. The maximum atomic E-state index is 12.8. The molecule has 0 aliphatic rings. The van der Waals surface area contributed by atoms with E-state index in [1.165, 1.54) is 11.8 Å². The average Bonchev–Trinajstić information content (AvgIpc) is 3.40. The van der Waals surface area contributed by atoms with Crippen molar-refractivity contribution in [2.75, 3.05) is 0 Å². The van der Waals surface area contributed by atoms with Crippen molar-refractivity contribution in [3.05, 3.63) is 82.3 Å². The second-order valence-electron chi connectivity index (χ2n) is 6.76. The number of halogens is 1. The van der Waals surface area contributed by atoms with Crippen molar-refractivity contribution < 1.29 is 9.21 Å². The molecule has 1 N–H and O–H groups in total. The summed E-state index contributed by atoms with van der Waals surface area (Å²) in [6.07, 6.45) is 1.56. The lowest BCUT2D eigenvalue weighted by Gasteiger charge is -2.09. The molecule has 0 unspecified atom stereocenters. The molecule has 1 aromatic carbocycles. The topological polar surface area (TPSA) is 98.7 Å². The molecule has 0 aliphatic heterocycles. The van der Waals surface area contributed by atoms with Gasteiger partial charge in [0.2, 0.25) is 0 Å². The number of carbonyl (C=O) groups excluding carboxylic acids is 1. The van der Waals surface area contributed by atoms with Gasteiger partial charge in [-0.05, 0) is 56.3 Å². The predicted molar refractivity (Wildman–Crippen MR) is 117 cm³/mol. The number of hydrogen-bond donors (Lipinski definition) is 1.